The number of imidazole rings is 1. The number of aromatic nitrogens is 2. The van der Waals surface area contributed by atoms with E-state index in [2.05, 4.69) is 16.4 Å². The van der Waals surface area contributed by atoms with Crippen LogP contribution in [0.5, 0.6) is 5.75 Å². The molecule has 5 nitrogen and oxygen atoms in total. The molecule has 19 heavy (non-hydrogen) atoms. The maximum Gasteiger partial charge on any atom is 0.143 e. The van der Waals surface area contributed by atoms with Crippen LogP contribution in [-0.2, 0) is 6.54 Å². The molecule has 0 aliphatic carbocycles. The second kappa shape index (κ2) is 6.45. The summed E-state index contributed by atoms with van der Waals surface area (Å²) in [6.45, 7) is 1.76. The Hall–Kier alpha value is -2.48. The summed E-state index contributed by atoms with van der Waals surface area (Å²) in [5, 5.41) is 12.1. The zero-order chi connectivity index (χ0) is 13.5. The van der Waals surface area contributed by atoms with Crippen molar-refractivity contribution in [1.29, 1.82) is 5.26 Å². The van der Waals surface area contributed by atoms with Gasteiger partial charge >= 0.3 is 0 Å². The molecule has 1 heterocycles. The number of rotatable bonds is 6. The lowest BCUT2D eigenvalue weighted by Gasteiger charge is -2.11. The van der Waals surface area contributed by atoms with Crippen LogP contribution in [0, 0.1) is 11.3 Å². The third-order valence-electron chi connectivity index (χ3n) is 2.80. The van der Waals surface area contributed by atoms with Crippen molar-refractivity contribution in [3.63, 3.8) is 0 Å². The van der Waals surface area contributed by atoms with Gasteiger partial charge in [-0.3, -0.25) is 0 Å². The summed E-state index contributed by atoms with van der Waals surface area (Å²) in [5.41, 5.74) is 1.51. The molecule has 0 unspecified atom stereocenters. The molecule has 0 saturated heterocycles. The molecule has 1 aromatic carbocycles. The number of aryl methyl sites for hydroxylation is 1. The predicted octanol–water partition coefficient (Wildman–Crippen LogP) is 2.27. The van der Waals surface area contributed by atoms with Crippen molar-refractivity contribution >= 4 is 5.69 Å². The third kappa shape index (κ3) is 3.49. The summed E-state index contributed by atoms with van der Waals surface area (Å²) < 4.78 is 7.30. The average Bonchev–Trinajstić information content (AvgIpc) is 2.96. The van der Waals surface area contributed by atoms with E-state index in [-0.39, 0.29) is 0 Å². The second-order valence-electron chi connectivity index (χ2n) is 4.11. The Morgan fingerprint density at radius 1 is 1.47 bits per heavy atom. The number of nitrogens with one attached hydrogen (secondary N) is 1. The lowest BCUT2D eigenvalue weighted by Crippen LogP contribution is -2.06. The number of hydrogen-bond acceptors (Lipinski definition) is 4. The molecule has 2 rings (SSSR count). The third-order valence-corrected chi connectivity index (χ3v) is 2.80. The van der Waals surface area contributed by atoms with Crippen molar-refractivity contribution < 1.29 is 4.74 Å². The first-order valence-corrected chi connectivity index (χ1v) is 6.11. The molecule has 0 spiro atoms. The van der Waals surface area contributed by atoms with Gasteiger partial charge in [-0.15, -0.1) is 0 Å². The van der Waals surface area contributed by atoms with E-state index in [1.165, 1.54) is 0 Å². The molecule has 0 saturated carbocycles. The van der Waals surface area contributed by atoms with Crippen LogP contribution >= 0.6 is 0 Å². The number of nitriles is 1. The molecular weight excluding hydrogens is 240 g/mol. The summed E-state index contributed by atoms with van der Waals surface area (Å²) in [6.07, 6.45) is 6.52. The molecular formula is C14H16N4O. The molecule has 5 heteroatoms. The highest BCUT2D eigenvalue weighted by Crippen LogP contribution is 2.25. The molecule has 0 amide bonds. The minimum Gasteiger partial charge on any atom is -0.495 e. The number of benzene rings is 1. The molecule has 0 aliphatic heterocycles. The average molecular weight is 256 g/mol. The summed E-state index contributed by atoms with van der Waals surface area (Å²) in [5.74, 6) is 0.696. The normalized spacial score (nSPS) is 9.89. The molecule has 0 atom stereocenters. The van der Waals surface area contributed by atoms with Gasteiger partial charge in [0.15, 0.2) is 0 Å². The molecule has 0 radical (unpaired) electrons. The Morgan fingerprint density at radius 2 is 2.37 bits per heavy atom. The summed E-state index contributed by atoms with van der Waals surface area (Å²) in [7, 11) is 1.60. The van der Waals surface area contributed by atoms with Gasteiger partial charge in [0.25, 0.3) is 0 Å². The van der Waals surface area contributed by atoms with Gasteiger partial charge in [0, 0.05) is 31.5 Å². The van der Waals surface area contributed by atoms with E-state index in [4.69, 9.17) is 10.00 Å². The topological polar surface area (TPSA) is 62.9 Å². The van der Waals surface area contributed by atoms with Crippen molar-refractivity contribution in [1.82, 2.24) is 9.55 Å². The minimum atomic E-state index is 0.598. The number of methoxy groups -OCH3 is 1. The van der Waals surface area contributed by atoms with Crippen LogP contribution in [0.2, 0.25) is 0 Å². The lowest BCUT2D eigenvalue weighted by atomic mass is 10.2. The Balaban J connectivity index is 1.87. The lowest BCUT2D eigenvalue weighted by molar-refractivity contribution is 0.416. The van der Waals surface area contributed by atoms with Crippen LogP contribution in [0.4, 0.5) is 5.69 Å². The van der Waals surface area contributed by atoms with E-state index in [0.29, 0.717) is 11.3 Å². The van der Waals surface area contributed by atoms with Crippen molar-refractivity contribution in [2.45, 2.75) is 13.0 Å². The Labute approximate surface area is 112 Å². The van der Waals surface area contributed by atoms with Crippen LogP contribution < -0.4 is 10.1 Å². The van der Waals surface area contributed by atoms with Gasteiger partial charge in [-0.1, -0.05) is 0 Å². The predicted molar refractivity (Wildman–Crippen MR) is 73.0 cm³/mol. The van der Waals surface area contributed by atoms with Crippen LogP contribution in [0.15, 0.2) is 36.9 Å². The van der Waals surface area contributed by atoms with Crippen molar-refractivity contribution in [2.75, 3.05) is 19.0 Å². The molecule has 98 valence electrons. The monoisotopic (exact) mass is 256 g/mol. The Kier molecular flexibility index (Phi) is 4.40. The summed E-state index contributed by atoms with van der Waals surface area (Å²) in [4.78, 5) is 4.00. The summed E-state index contributed by atoms with van der Waals surface area (Å²) in [6, 6.07) is 7.48. The van der Waals surface area contributed by atoms with Crippen molar-refractivity contribution in [2.24, 2.45) is 0 Å². The highest BCUT2D eigenvalue weighted by Gasteiger charge is 2.03. The highest BCUT2D eigenvalue weighted by atomic mass is 16.5. The second-order valence-corrected chi connectivity index (χ2v) is 4.11. The molecule has 0 fully saturated rings. The first-order chi connectivity index (χ1) is 9.33. The van der Waals surface area contributed by atoms with E-state index >= 15 is 0 Å². The Morgan fingerprint density at radius 3 is 3.05 bits per heavy atom. The summed E-state index contributed by atoms with van der Waals surface area (Å²) >= 11 is 0. The van der Waals surface area contributed by atoms with Gasteiger partial charge in [-0.2, -0.15) is 5.26 Å². The smallest absolute Gasteiger partial charge is 0.143 e. The van der Waals surface area contributed by atoms with Crippen LogP contribution in [0.1, 0.15) is 12.0 Å². The van der Waals surface area contributed by atoms with Crippen LogP contribution in [0.25, 0.3) is 0 Å². The first kappa shape index (κ1) is 13.0. The SMILES string of the molecule is COc1cc(C#N)ccc1NCCCn1ccnc1. The van der Waals surface area contributed by atoms with Gasteiger partial charge < -0.3 is 14.6 Å². The standard InChI is InChI=1S/C14H16N4O/c1-19-14-9-12(10-15)3-4-13(14)17-5-2-7-18-8-6-16-11-18/h3-4,6,8-9,11,17H,2,5,7H2,1H3. The number of anilines is 1. The first-order valence-electron chi connectivity index (χ1n) is 6.11. The highest BCUT2D eigenvalue weighted by molar-refractivity contribution is 5.59. The van der Waals surface area contributed by atoms with Gasteiger partial charge in [-0.05, 0) is 18.6 Å². The van der Waals surface area contributed by atoms with Crippen LogP contribution in [-0.4, -0.2) is 23.2 Å². The van der Waals surface area contributed by atoms with Gasteiger partial charge in [0.2, 0.25) is 0 Å². The van der Waals surface area contributed by atoms with Gasteiger partial charge in [0.05, 0.1) is 30.8 Å². The van der Waals surface area contributed by atoms with Crippen molar-refractivity contribution in [3.05, 3.63) is 42.5 Å². The molecule has 1 aromatic heterocycles. The van der Waals surface area contributed by atoms with Crippen LogP contribution in [0.3, 0.4) is 0 Å². The van der Waals surface area contributed by atoms with Gasteiger partial charge in [0.1, 0.15) is 5.75 Å². The fraction of sp³-hybridized carbons (Fsp3) is 0.286. The number of hydrogen-bond donors (Lipinski definition) is 1. The fourth-order valence-electron chi connectivity index (χ4n) is 1.81. The van der Waals surface area contributed by atoms with E-state index in [9.17, 15) is 0 Å². The zero-order valence-electron chi connectivity index (χ0n) is 10.8. The van der Waals surface area contributed by atoms with E-state index in [0.717, 1.165) is 25.2 Å². The zero-order valence-corrected chi connectivity index (χ0v) is 10.8. The largest absolute Gasteiger partial charge is 0.495 e. The van der Waals surface area contributed by atoms with E-state index in [1.807, 2.05) is 23.2 Å². The van der Waals surface area contributed by atoms with Gasteiger partial charge in [-0.25, -0.2) is 4.98 Å². The number of nitrogens with zero attached hydrogens (tertiary/aromatic N) is 3. The van der Waals surface area contributed by atoms with E-state index in [1.54, 1.807) is 25.4 Å². The fourth-order valence-corrected chi connectivity index (χ4v) is 1.81. The Bertz CT molecular complexity index is 557. The van der Waals surface area contributed by atoms with Crippen molar-refractivity contribution in [3.8, 4) is 11.8 Å². The quantitative estimate of drug-likeness (QED) is 0.805. The molecule has 1 N–H and O–H groups in total. The maximum absolute atomic E-state index is 8.83. The molecule has 0 bridgehead atoms. The maximum atomic E-state index is 8.83. The molecule has 2 aromatic rings. The molecule has 0 aliphatic rings. The minimum absolute atomic E-state index is 0.598. The van der Waals surface area contributed by atoms with E-state index < -0.39 is 0 Å². The number of ether oxygens (including phenoxy) is 1.